The fourth-order valence-corrected chi connectivity index (χ4v) is 5.17. The second kappa shape index (κ2) is 10.0. The predicted octanol–water partition coefficient (Wildman–Crippen LogP) is 3.21. The Balaban J connectivity index is 1.34. The van der Waals surface area contributed by atoms with Crippen LogP contribution < -0.4 is 0 Å². The van der Waals surface area contributed by atoms with Crippen LogP contribution in [0, 0.1) is 0 Å². The van der Waals surface area contributed by atoms with Crippen molar-refractivity contribution in [3.8, 4) is 0 Å². The lowest BCUT2D eigenvalue weighted by Crippen LogP contribution is -2.56. The second-order valence-electron chi connectivity index (χ2n) is 9.26. The predicted molar refractivity (Wildman–Crippen MR) is 129 cm³/mol. The van der Waals surface area contributed by atoms with Crippen LogP contribution in [-0.4, -0.2) is 61.9 Å². The first-order valence-corrected chi connectivity index (χ1v) is 12.1. The van der Waals surface area contributed by atoms with E-state index >= 15 is 0 Å². The number of amides is 3. The molecule has 3 amide bonds. The summed E-state index contributed by atoms with van der Waals surface area (Å²) >= 11 is 0. The number of aromatic nitrogens is 1. The van der Waals surface area contributed by atoms with Crippen LogP contribution in [0.15, 0.2) is 71.4 Å². The van der Waals surface area contributed by atoms with Crippen molar-refractivity contribution in [1.82, 2.24) is 19.7 Å². The molecule has 182 valence electrons. The van der Waals surface area contributed by atoms with E-state index in [-0.39, 0.29) is 25.1 Å². The number of imide groups is 1. The van der Waals surface area contributed by atoms with Crippen LogP contribution in [-0.2, 0) is 30.9 Å². The van der Waals surface area contributed by atoms with E-state index in [1.807, 2.05) is 41.3 Å². The third-order valence-electron chi connectivity index (χ3n) is 7.09. The molecular weight excluding hydrogens is 444 g/mol. The van der Waals surface area contributed by atoms with Crippen LogP contribution >= 0.6 is 0 Å². The Bertz CT molecular complexity index is 1160. The molecule has 35 heavy (non-hydrogen) atoms. The molecule has 2 aromatic heterocycles. The van der Waals surface area contributed by atoms with Crippen LogP contribution in [0.1, 0.15) is 35.5 Å². The fraction of sp³-hybridized carbons (Fsp3) is 0.370. The van der Waals surface area contributed by atoms with Gasteiger partial charge in [-0.25, -0.2) is 4.79 Å². The van der Waals surface area contributed by atoms with E-state index in [9.17, 15) is 14.7 Å². The standard InChI is InChI=1S/C27H30N4O4/c32-20-24-9-8-23(35-24)19-29-15-11-27(12-16-29)25(33)30(18-22-7-4-13-28-17-22)26(34)31(27)14-10-21-5-2-1-3-6-21/h1-9,13,17,32H,10-12,14-16,18-20H2. The minimum atomic E-state index is -0.829. The van der Waals surface area contributed by atoms with Crippen molar-refractivity contribution in [3.05, 3.63) is 89.6 Å². The van der Waals surface area contributed by atoms with Crippen LogP contribution in [0.5, 0.6) is 0 Å². The molecule has 0 saturated carbocycles. The number of aliphatic hydroxyl groups excluding tert-OH is 1. The third-order valence-corrected chi connectivity index (χ3v) is 7.09. The van der Waals surface area contributed by atoms with Crippen molar-refractivity contribution in [2.24, 2.45) is 0 Å². The molecule has 0 radical (unpaired) electrons. The SMILES string of the molecule is O=C1N(Cc2cccnc2)C(=O)C2(CCN(Cc3ccc(CO)o3)CC2)N1CCc1ccccc1. The highest BCUT2D eigenvalue weighted by Crippen LogP contribution is 2.38. The highest BCUT2D eigenvalue weighted by molar-refractivity contribution is 6.07. The van der Waals surface area contributed by atoms with Crippen molar-refractivity contribution in [3.63, 3.8) is 0 Å². The molecule has 2 fully saturated rings. The van der Waals surface area contributed by atoms with Gasteiger partial charge in [0, 0.05) is 32.0 Å². The minimum absolute atomic E-state index is 0.111. The Morgan fingerprint density at radius 3 is 2.34 bits per heavy atom. The number of furan rings is 1. The molecule has 1 spiro atoms. The molecule has 2 aliphatic heterocycles. The summed E-state index contributed by atoms with van der Waals surface area (Å²) in [6.07, 6.45) is 5.23. The number of pyridine rings is 1. The summed E-state index contributed by atoms with van der Waals surface area (Å²) in [6.45, 7) is 2.57. The van der Waals surface area contributed by atoms with E-state index in [4.69, 9.17) is 4.42 Å². The minimum Gasteiger partial charge on any atom is -0.462 e. The van der Waals surface area contributed by atoms with Gasteiger partial charge >= 0.3 is 6.03 Å². The topological polar surface area (TPSA) is 90.1 Å². The molecule has 1 aromatic carbocycles. The van der Waals surface area contributed by atoms with Gasteiger partial charge in [-0.3, -0.25) is 19.6 Å². The normalized spacial score (nSPS) is 18.1. The molecule has 8 nitrogen and oxygen atoms in total. The van der Waals surface area contributed by atoms with Crippen molar-refractivity contribution in [2.45, 2.75) is 44.5 Å². The number of urea groups is 1. The molecule has 5 rings (SSSR count). The van der Waals surface area contributed by atoms with Crippen LogP contribution in [0.25, 0.3) is 0 Å². The monoisotopic (exact) mass is 474 g/mol. The number of likely N-dealkylation sites (tertiary alicyclic amines) is 1. The summed E-state index contributed by atoms with van der Waals surface area (Å²) < 4.78 is 5.65. The van der Waals surface area contributed by atoms with Crippen molar-refractivity contribution >= 4 is 11.9 Å². The third kappa shape index (κ3) is 4.72. The average Bonchev–Trinajstić information content (AvgIpc) is 3.43. The fourth-order valence-electron chi connectivity index (χ4n) is 5.17. The zero-order chi connectivity index (χ0) is 24.3. The maximum absolute atomic E-state index is 13.8. The van der Waals surface area contributed by atoms with Gasteiger partial charge in [-0.1, -0.05) is 36.4 Å². The summed E-state index contributed by atoms with van der Waals surface area (Å²) in [5.41, 5.74) is 1.15. The molecule has 3 aromatic rings. The largest absolute Gasteiger partial charge is 0.462 e. The lowest BCUT2D eigenvalue weighted by Gasteiger charge is -2.42. The Labute approximate surface area is 204 Å². The van der Waals surface area contributed by atoms with E-state index in [1.165, 1.54) is 4.90 Å². The summed E-state index contributed by atoms with van der Waals surface area (Å²) in [6, 6.07) is 17.2. The molecular formula is C27H30N4O4. The van der Waals surface area contributed by atoms with E-state index in [2.05, 4.69) is 22.0 Å². The number of aliphatic hydroxyl groups is 1. The second-order valence-corrected chi connectivity index (χ2v) is 9.26. The Morgan fingerprint density at radius 1 is 0.914 bits per heavy atom. The van der Waals surface area contributed by atoms with Crippen molar-refractivity contribution < 1.29 is 19.1 Å². The zero-order valence-electron chi connectivity index (χ0n) is 19.7. The summed E-state index contributed by atoms with van der Waals surface area (Å²) in [4.78, 5) is 37.0. The van der Waals surface area contributed by atoms with Gasteiger partial charge in [0.1, 0.15) is 23.7 Å². The van der Waals surface area contributed by atoms with Gasteiger partial charge in [-0.15, -0.1) is 0 Å². The first-order chi connectivity index (χ1) is 17.1. The van der Waals surface area contributed by atoms with Gasteiger partial charge in [-0.05, 0) is 48.6 Å². The number of benzene rings is 1. The van der Waals surface area contributed by atoms with Crippen molar-refractivity contribution in [2.75, 3.05) is 19.6 Å². The van der Waals surface area contributed by atoms with Gasteiger partial charge in [0.2, 0.25) is 0 Å². The zero-order valence-corrected chi connectivity index (χ0v) is 19.7. The number of nitrogens with zero attached hydrogens (tertiary/aromatic N) is 4. The summed E-state index contributed by atoms with van der Waals surface area (Å²) in [5, 5.41) is 9.25. The molecule has 4 heterocycles. The molecule has 0 unspecified atom stereocenters. The highest BCUT2D eigenvalue weighted by Gasteiger charge is 2.57. The lowest BCUT2D eigenvalue weighted by atomic mass is 9.85. The van der Waals surface area contributed by atoms with Crippen LogP contribution in [0.2, 0.25) is 0 Å². The number of hydrogen-bond donors (Lipinski definition) is 1. The Morgan fingerprint density at radius 2 is 1.66 bits per heavy atom. The number of hydrogen-bond acceptors (Lipinski definition) is 6. The molecule has 2 saturated heterocycles. The van der Waals surface area contributed by atoms with Gasteiger partial charge in [0.05, 0.1) is 13.1 Å². The van der Waals surface area contributed by atoms with E-state index in [1.54, 1.807) is 18.5 Å². The molecule has 0 bridgehead atoms. The van der Waals surface area contributed by atoms with Gasteiger partial charge in [-0.2, -0.15) is 0 Å². The maximum Gasteiger partial charge on any atom is 0.328 e. The van der Waals surface area contributed by atoms with Crippen LogP contribution in [0.3, 0.4) is 0 Å². The summed E-state index contributed by atoms with van der Waals surface area (Å²) in [7, 11) is 0. The van der Waals surface area contributed by atoms with E-state index < -0.39 is 5.54 Å². The van der Waals surface area contributed by atoms with Crippen LogP contribution in [0.4, 0.5) is 4.79 Å². The molecule has 1 N–H and O–H groups in total. The van der Waals surface area contributed by atoms with Gasteiger partial charge in [0.25, 0.3) is 5.91 Å². The number of piperidine rings is 1. The van der Waals surface area contributed by atoms with E-state index in [0.717, 1.165) is 16.9 Å². The maximum atomic E-state index is 13.8. The molecule has 0 atom stereocenters. The first kappa shape index (κ1) is 23.3. The number of carbonyl (C=O) groups excluding carboxylic acids is 2. The number of carbonyl (C=O) groups is 2. The van der Waals surface area contributed by atoms with E-state index in [0.29, 0.717) is 51.2 Å². The Kier molecular flexibility index (Phi) is 6.66. The molecule has 2 aliphatic rings. The molecule has 0 aliphatic carbocycles. The number of rotatable bonds is 8. The quantitative estimate of drug-likeness (QED) is 0.505. The lowest BCUT2D eigenvalue weighted by molar-refractivity contribution is -0.136. The Hall–Kier alpha value is -3.49. The van der Waals surface area contributed by atoms with Gasteiger partial charge in [0.15, 0.2) is 0 Å². The molecule has 8 heteroatoms. The first-order valence-electron chi connectivity index (χ1n) is 12.1. The van der Waals surface area contributed by atoms with Gasteiger partial charge < -0.3 is 14.4 Å². The highest BCUT2D eigenvalue weighted by atomic mass is 16.4. The smallest absolute Gasteiger partial charge is 0.328 e. The summed E-state index contributed by atoms with van der Waals surface area (Å²) in [5.74, 6) is 1.22. The van der Waals surface area contributed by atoms with Crippen molar-refractivity contribution in [1.29, 1.82) is 0 Å². The average molecular weight is 475 g/mol.